The van der Waals surface area contributed by atoms with Crippen LogP contribution in [0, 0.1) is 5.92 Å². The van der Waals surface area contributed by atoms with E-state index in [2.05, 4.69) is 20.9 Å². The highest BCUT2D eigenvalue weighted by molar-refractivity contribution is 9.10. The molecule has 1 aromatic carbocycles. The van der Waals surface area contributed by atoms with Gasteiger partial charge in [0.25, 0.3) is 5.56 Å². The molecular formula is C15H16BrClN2O2. The Hall–Kier alpha value is -1.33. The molecule has 0 bridgehead atoms. The van der Waals surface area contributed by atoms with E-state index < -0.39 is 5.69 Å². The average molecular weight is 372 g/mol. The molecule has 1 unspecified atom stereocenters. The molecule has 1 atom stereocenters. The number of halogens is 2. The predicted octanol–water partition coefficient (Wildman–Crippen LogP) is 3.67. The first-order valence-electron chi connectivity index (χ1n) is 6.72. The van der Waals surface area contributed by atoms with E-state index in [0.29, 0.717) is 17.7 Å². The largest absolute Gasteiger partial charge is 0.329 e. The molecule has 21 heavy (non-hydrogen) atoms. The van der Waals surface area contributed by atoms with Crippen molar-refractivity contribution in [2.75, 3.05) is 0 Å². The van der Waals surface area contributed by atoms with Gasteiger partial charge < -0.3 is 0 Å². The van der Waals surface area contributed by atoms with Gasteiger partial charge in [0.1, 0.15) is 5.15 Å². The summed E-state index contributed by atoms with van der Waals surface area (Å²) in [6.07, 6.45) is 0.891. The van der Waals surface area contributed by atoms with Crippen LogP contribution in [0.2, 0.25) is 5.15 Å². The Bertz CT molecular complexity index is 750. The number of hydrogen-bond donors (Lipinski definition) is 1. The molecule has 0 spiro atoms. The summed E-state index contributed by atoms with van der Waals surface area (Å²) in [4.78, 5) is 27.1. The lowest BCUT2D eigenvalue weighted by atomic mass is 10.1. The maximum atomic E-state index is 12.6. The predicted molar refractivity (Wildman–Crippen MR) is 88.9 cm³/mol. The maximum absolute atomic E-state index is 12.6. The number of hydrogen-bond acceptors (Lipinski definition) is 2. The standard InChI is InChI=1S/C15H16BrClN2O2/c1-3-9(2)8-19-14(20)12(13(17)18-15(19)21)10-4-6-11(16)7-5-10/h4-7,9H,3,8H2,1-2H3,(H,18,21). The van der Waals surface area contributed by atoms with Gasteiger partial charge in [0.15, 0.2) is 0 Å². The molecule has 4 nitrogen and oxygen atoms in total. The molecule has 0 fully saturated rings. The van der Waals surface area contributed by atoms with Gasteiger partial charge in [-0.05, 0) is 23.6 Å². The van der Waals surface area contributed by atoms with Crippen molar-refractivity contribution in [2.45, 2.75) is 26.8 Å². The van der Waals surface area contributed by atoms with Gasteiger partial charge in [0.05, 0.1) is 5.56 Å². The number of nitrogens with one attached hydrogen (secondary N) is 1. The van der Waals surface area contributed by atoms with Crippen molar-refractivity contribution >= 4 is 27.5 Å². The minimum absolute atomic E-state index is 0.0766. The molecule has 1 heterocycles. The van der Waals surface area contributed by atoms with Crippen LogP contribution < -0.4 is 11.2 Å². The van der Waals surface area contributed by atoms with Gasteiger partial charge in [-0.3, -0.25) is 14.3 Å². The Morgan fingerprint density at radius 3 is 2.48 bits per heavy atom. The van der Waals surface area contributed by atoms with E-state index >= 15 is 0 Å². The van der Waals surface area contributed by atoms with Crippen molar-refractivity contribution in [1.29, 1.82) is 0 Å². The first-order valence-corrected chi connectivity index (χ1v) is 7.89. The molecule has 6 heteroatoms. The van der Waals surface area contributed by atoms with E-state index in [0.717, 1.165) is 10.9 Å². The number of nitrogens with zero attached hydrogens (tertiary/aromatic N) is 1. The zero-order chi connectivity index (χ0) is 15.6. The maximum Gasteiger partial charge on any atom is 0.329 e. The Morgan fingerprint density at radius 2 is 1.90 bits per heavy atom. The van der Waals surface area contributed by atoms with Crippen LogP contribution in [-0.2, 0) is 6.54 Å². The van der Waals surface area contributed by atoms with Gasteiger partial charge >= 0.3 is 5.69 Å². The van der Waals surface area contributed by atoms with Gasteiger partial charge in [-0.2, -0.15) is 0 Å². The second-order valence-electron chi connectivity index (χ2n) is 5.06. The fourth-order valence-electron chi connectivity index (χ4n) is 2.02. The van der Waals surface area contributed by atoms with E-state index in [-0.39, 0.29) is 16.6 Å². The molecule has 0 aliphatic rings. The van der Waals surface area contributed by atoms with Crippen LogP contribution in [0.15, 0.2) is 38.3 Å². The van der Waals surface area contributed by atoms with Crippen LogP contribution in [0.1, 0.15) is 20.3 Å². The third kappa shape index (κ3) is 3.47. The van der Waals surface area contributed by atoms with Crippen molar-refractivity contribution in [2.24, 2.45) is 5.92 Å². The lowest BCUT2D eigenvalue weighted by Crippen LogP contribution is -2.37. The van der Waals surface area contributed by atoms with Crippen molar-refractivity contribution in [3.05, 3.63) is 54.7 Å². The molecule has 0 aliphatic heterocycles. The Labute approximate surface area is 135 Å². The summed E-state index contributed by atoms with van der Waals surface area (Å²) in [7, 11) is 0. The van der Waals surface area contributed by atoms with Gasteiger partial charge in [-0.25, -0.2) is 4.79 Å². The third-order valence-electron chi connectivity index (χ3n) is 3.46. The fourth-order valence-corrected chi connectivity index (χ4v) is 2.55. The van der Waals surface area contributed by atoms with Crippen molar-refractivity contribution < 1.29 is 0 Å². The highest BCUT2D eigenvalue weighted by atomic mass is 79.9. The SMILES string of the molecule is CCC(C)Cn1c(=O)[nH]c(Cl)c(-c2ccc(Br)cc2)c1=O. The molecule has 0 radical (unpaired) electrons. The molecule has 112 valence electrons. The molecule has 2 aromatic rings. The molecule has 0 saturated carbocycles. The summed E-state index contributed by atoms with van der Waals surface area (Å²) in [6.45, 7) is 4.40. The van der Waals surface area contributed by atoms with E-state index in [1.54, 1.807) is 12.1 Å². The highest BCUT2D eigenvalue weighted by Gasteiger charge is 2.15. The summed E-state index contributed by atoms with van der Waals surface area (Å²) < 4.78 is 2.13. The fraction of sp³-hybridized carbons (Fsp3) is 0.333. The smallest absolute Gasteiger partial charge is 0.297 e. The zero-order valence-corrected chi connectivity index (χ0v) is 14.2. The Morgan fingerprint density at radius 1 is 1.29 bits per heavy atom. The average Bonchev–Trinajstić information content (AvgIpc) is 2.45. The number of aromatic amines is 1. The molecule has 0 aliphatic carbocycles. The molecule has 1 aromatic heterocycles. The van der Waals surface area contributed by atoms with Crippen LogP contribution in [0.5, 0.6) is 0 Å². The van der Waals surface area contributed by atoms with E-state index in [1.807, 2.05) is 26.0 Å². The van der Waals surface area contributed by atoms with Gasteiger partial charge in [0.2, 0.25) is 0 Å². The van der Waals surface area contributed by atoms with E-state index in [4.69, 9.17) is 11.6 Å². The number of rotatable bonds is 4. The topological polar surface area (TPSA) is 54.9 Å². The molecule has 0 saturated heterocycles. The van der Waals surface area contributed by atoms with Gasteiger partial charge in [0, 0.05) is 11.0 Å². The minimum atomic E-state index is -0.467. The van der Waals surface area contributed by atoms with Crippen LogP contribution in [0.3, 0.4) is 0 Å². The second-order valence-corrected chi connectivity index (χ2v) is 6.35. The Kier molecular flexibility index (Phi) is 5.06. The minimum Gasteiger partial charge on any atom is -0.297 e. The Balaban J connectivity index is 2.62. The van der Waals surface area contributed by atoms with Crippen LogP contribution in [-0.4, -0.2) is 9.55 Å². The normalized spacial score (nSPS) is 12.4. The first kappa shape index (κ1) is 16.0. The first-order chi connectivity index (χ1) is 9.93. The van der Waals surface area contributed by atoms with Crippen LogP contribution in [0.4, 0.5) is 0 Å². The zero-order valence-electron chi connectivity index (χ0n) is 11.8. The molecule has 0 amide bonds. The van der Waals surface area contributed by atoms with E-state index in [1.165, 1.54) is 4.57 Å². The summed E-state index contributed by atoms with van der Waals surface area (Å²) >= 11 is 9.42. The summed E-state index contributed by atoms with van der Waals surface area (Å²) in [5.74, 6) is 0.239. The summed E-state index contributed by atoms with van der Waals surface area (Å²) in [5, 5.41) is 0.0766. The lowest BCUT2D eigenvalue weighted by molar-refractivity contribution is 0.447. The van der Waals surface area contributed by atoms with Crippen LogP contribution >= 0.6 is 27.5 Å². The summed E-state index contributed by atoms with van der Waals surface area (Å²) in [5.41, 5.74) is 0.187. The van der Waals surface area contributed by atoms with Gasteiger partial charge in [-0.1, -0.05) is 59.9 Å². The molecule has 1 N–H and O–H groups in total. The third-order valence-corrected chi connectivity index (χ3v) is 4.28. The van der Waals surface area contributed by atoms with Crippen LogP contribution in [0.25, 0.3) is 11.1 Å². The monoisotopic (exact) mass is 370 g/mol. The highest BCUT2D eigenvalue weighted by Crippen LogP contribution is 2.23. The lowest BCUT2D eigenvalue weighted by Gasteiger charge is -2.12. The quantitative estimate of drug-likeness (QED) is 0.834. The van der Waals surface area contributed by atoms with Gasteiger partial charge in [-0.15, -0.1) is 0 Å². The van der Waals surface area contributed by atoms with Crippen molar-refractivity contribution in [1.82, 2.24) is 9.55 Å². The number of H-pyrrole nitrogens is 1. The number of benzene rings is 1. The molecule has 2 rings (SSSR count). The van der Waals surface area contributed by atoms with E-state index in [9.17, 15) is 9.59 Å². The van der Waals surface area contributed by atoms with Crippen molar-refractivity contribution in [3.63, 3.8) is 0 Å². The summed E-state index contributed by atoms with van der Waals surface area (Å²) in [6, 6.07) is 7.24. The van der Waals surface area contributed by atoms with Crippen molar-refractivity contribution in [3.8, 4) is 11.1 Å². The molecular weight excluding hydrogens is 356 g/mol. The number of aromatic nitrogens is 2. The second kappa shape index (κ2) is 6.62.